The summed E-state index contributed by atoms with van der Waals surface area (Å²) < 4.78 is 0. The summed E-state index contributed by atoms with van der Waals surface area (Å²) in [4.78, 5) is 13.9. The average Bonchev–Trinajstić information content (AvgIpc) is 2.61. The topological polar surface area (TPSA) is 46.3 Å². The summed E-state index contributed by atoms with van der Waals surface area (Å²) >= 11 is 0. The third-order valence-corrected chi connectivity index (χ3v) is 3.50. The van der Waals surface area contributed by atoms with Gasteiger partial charge < -0.3 is 10.6 Å². The molecule has 3 nitrogen and oxygen atoms in total. The minimum Gasteiger partial charge on any atom is -0.342 e. The molecule has 0 aromatic heterocycles. The maximum atomic E-state index is 11.9. The Morgan fingerprint density at radius 1 is 1.50 bits per heavy atom. The molecular weight excluding hydrogens is 200 g/mol. The van der Waals surface area contributed by atoms with Gasteiger partial charge in [-0.1, -0.05) is 13.8 Å². The zero-order chi connectivity index (χ0) is 12.3. The van der Waals surface area contributed by atoms with E-state index in [0.717, 1.165) is 25.9 Å². The van der Waals surface area contributed by atoms with E-state index in [1.54, 1.807) is 0 Å². The van der Waals surface area contributed by atoms with Crippen LogP contribution in [0.4, 0.5) is 0 Å². The lowest BCUT2D eigenvalue weighted by molar-refractivity contribution is -0.130. The van der Waals surface area contributed by atoms with Crippen LogP contribution in [0, 0.1) is 11.8 Å². The Balaban J connectivity index is 2.34. The van der Waals surface area contributed by atoms with E-state index in [9.17, 15) is 4.79 Å². The van der Waals surface area contributed by atoms with Gasteiger partial charge in [-0.05, 0) is 38.5 Å². The van der Waals surface area contributed by atoms with Gasteiger partial charge in [0.05, 0.1) is 0 Å². The number of hydrogen-bond donors (Lipinski definition) is 1. The zero-order valence-electron chi connectivity index (χ0n) is 11.1. The predicted octanol–water partition coefficient (Wildman–Crippen LogP) is 2.01. The van der Waals surface area contributed by atoms with Gasteiger partial charge in [-0.25, -0.2) is 0 Å². The number of nitrogens with zero attached hydrogens (tertiary/aromatic N) is 1. The molecule has 0 aliphatic carbocycles. The molecule has 2 N–H and O–H groups in total. The first-order valence-electron chi connectivity index (χ1n) is 6.36. The number of nitrogens with two attached hydrogens (primary N) is 1. The molecular formula is C13H26N2O. The molecule has 1 rings (SSSR count). The van der Waals surface area contributed by atoms with Crippen molar-refractivity contribution >= 4 is 5.91 Å². The Labute approximate surface area is 99.4 Å². The maximum absolute atomic E-state index is 11.9. The molecule has 1 amide bonds. The molecule has 0 radical (unpaired) electrons. The smallest absolute Gasteiger partial charge is 0.222 e. The highest BCUT2D eigenvalue weighted by Crippen LogP contribution is 2.24. The van der Waals surface area contributed by atoms with Crippen molar-refractivity contribution in [3.05, 3.63) is 0 Å². The number of amides is 1. The molecule has 0 bridgehead atoms. The van der Waals surface area contributed by atoms with E-state index in [0.29, 0.717) is 18.3 Å². The largest absolute Gasteiger partial charge is 0.342 e. The van der Waals surface area contributed by atoms with E-state index in [-0.39, 0.29) is 11.4 Å². The van der Waals surface area contributed by atoms with Crippen molar-refractivity contribution in [2.75, 3.05) is 13.1 Å². The number of carbonyl (C=O) groups is 1. The van der Waals surface area contributed by atoms with Crippen LogP contribution in [0.2, 0.25) is 0 Å². The van der Waals surface area contributed by atoms with Crippen LogP contribution in [0.5, 0.6) is 0 Å². The second kappa shape index (κ2) is 5.17. The zero-order valence-corrected chi connectivity index (χ0v) is 11.1. The summed E-state index contributed by atoms with van der Waals surface area (Å²) in [6.45, 7) is 10.3. The third kappa shape index (κ3) is 4.12. The Morgan fingerprint density at radius 2 is 2.12 bits per heavy atom. The minimum absolute atomic E-state index is 0.229. The standard InChI is InChI=1S/C13H26N2O/c1-10(2)11-6-8-15(9-11)12(16)5-7-13(3,4)14/h10-11H,5-9,14H2,1-4H3. The highest BCUT2D eigenvalue weighted by molar-refractivity contribution is 5.76. The second-order valence-corrected chi connectivity index (χ2v) is 6.12. The van der Waals surface area contributed by atoms with Crippen LogP contribution >= 0.6 is 0 Å². The van der Waals surface area contributed by atoms with Crippen molar-refractivity contribution in [1.29, 1.82) is 0 Å². The van der Waals surface area contributed by atoms with E-state index < -0.39 is 0 Å². The van der Waals surface area contributed by atoms with E-state index in [2.05, 4.69) is 13.8 Å². The van der Waals surface area contributed by atoms with Crippen LogP contribution < -0.4 is 5.73 Å². The van der Waals surface area contributed by atoms with Crippen molar-refractivity contribution in [2.45, 2.75) is 52.5 Å². The van der Waals surface area contributed by atoms with Gasteiger partial charge in [0.25, 0.3) is 0 Å². The Bertz CT molecular complexity index is 243. The summed E-state index contributed by atoms with van der Waals surface area (Å²) in [6.07, 6.45) is 2.53. The number of carbonyl (C=O) groups excluding carboxylic acids is 1. The Morgan fingerprint density at radius 3 is 2.56 bits per heavy atom. The van der Waals surface area contributed by atoms with E-state index in [4.69, 9.17) is 5.73 Å². The molecule has 16 heavy (non-hydrogen) atoms. The van der Waals surface area contributed by atoms with Crippen LogP contribution in [0.25, 0.3) is 0 Å². The first-order chi connectivity index (χ1) is 7.29. The van der Waals surface area contributed by atoms with Crippen molar-refractivity contribution < 1.29 is 4.79 Å². The highest BCUT2D eigenvalue weighted by atomic mass is 16.2. The van der Waals surface area contributed by atoms with Crippen LogP contribution in [-0.4, -0.2) is 29.4 Å². The molecule has 3 heteroatoms. The Hall–Kier alpha value is -0.570. The van der Waals surface area contributed by atoms with Gasteiger partial charge in [-0.3, -0.25) is 4.79 Å². The lowest BCUT2D eigenvalue weighted by Crippen LogP contribution is -2.35. The molecule has 1 unspecified atom stereocenters. The number of rotatable bonds is 4. The summed E-state index contributed by atoms with van der Waals surface area (Å²) in [7, 11) is 0. The minimum atomic E-state index is -0.229. The van der Waals surface area contributed by atoms with Crippen LogP contribution in [0.15, 0.2) is 0 Å². The molecule has 1 fully saturated rings. The number of likely N-dealkylation sites (tertiary alicyclic amines) is 1. The van der Waals surface area contributed by atoms with Crippen molar-refractivity contribution in [3.63, 3.8) is 0 Å². The lowest BCUT2D eigenvalue weighted by atomic mass is 9.95. The first-order valence-corrected chi connectivity index (χ1v) is 6.36. The van der Waals surface area contributed by atoms with Crippen LogP contribution in [0.1, 0.15) is 47.0 Å². The fraction of sp³-hybridized carbons (Fsp3) is 0.923. The Kier molecular flexibility index (Phi) is 4.36. The normalized spacial score (nSPS) is 21.9. The predicted molar refractivity (Wildman–Crippen MR) is 67.0 cm³/mol. The molecule has 0 aromatic rings. The van der Waals surface area contributed by atoms with Gasteiger partial charge in [-0.2, -0.15) is 0 Å². The monoisotopic (exact) mass is 226 g/mol. The van der Waals surface area contributed by atoms with Gasteiger partial charge >= 0.3 is 0 Å². The molecule has 0 spiro atoms. The van der Waals surface area contributed by atoms with Crippen molar-refractivity contribution in [3.8, 4) is 0 Å². The fourth-order valence-electron chi connectivity index (χ4n) is 2.15. The summed E-state index contributed by atoms with van der Waals surface area (Å²) in [6, 6.07) is 0. The molecule has 0 saturated carbocycles. The van der Waals surface area contributed by atoms with E-state index >= 15 is 0 Å². The fourth-order valence-corrected chi connectivity index (χ4v) is 2.15. The molecule has 0 aromatic carbocycles. The summed E-state index contributed by atoms with van der Waals surface area (Å²) in [5, 5.41) is 0. The van der Waals surface area contributed by atoms with Gasteiger partial charge in [0.1, 0.15) is 0 Å². The molecule has 1 saturated heterocycles. The second-order valence-electron chi connectivity index (χ2n) is 6.12. The average molecular weight is 226 g/mol. The van der Waals surface area contributed by atoms with E-state index in [1.807, 2.05) is 18.7 Å². The molecule has 94 valence electrons. The lowest BCUT2D eigenvalue weighted by Gasteiger charge is -2.22. The quantitative estimate of drug-likeness (QED) is 0.797. The van der Waals surface area contributed by atoms with Crippen molar-refractivity contribution in [2.24, 2.45) is 17.6 Å². The maximum Gasteiger partial charge on any atom is 0.222 e. The van der Waals surface area contributed by atoms with Crippen LogP contribution in [-0.2, 0) is 4.79 Å². The first kappa shape index (κ1) is 13.5. The molecule has 1 aliphatic heterocycles. The van der Waals surface area contributed by atoms with E-state index in [1.165, 1.54) is 0 Å². The molecule has 1 aliphatic rings. The highest BCUT2D eigenvalue weighted by Gasteiger charge is 2.28. The summed E-state index contributed by atoms with van der Waals surface area (Å²) in [5.41, 5.74) is 5.66. The number of hydrogen-bond acceptors (Lipinski definition) is 2. The molecule has 1 atom stereocenters. The van der Waals surface area contributed by atoms with Gasteiger partial charge in [-0.15, -0.1) is 0 Å². The van der Waals surface area contributed by atoms with Gasteiger partial charge in [0.15, 0.2) is 0 Å². The summed E-state index contributed by atoms with van der Waals surface area (Å²) in [5.74, 6) is 1.65. The van der Waals surface area contributed by atoms with Crippen molar-refractivity contribution in [1.82, 2.24) is 4.90 Å². The van der Waals surface area contributed by atoms with Gasteiger partial charge in [0.2, 0.25) is 5.91 Å². The van der Waals surface area contributed by atoms with Crippen LogP contribution in [0.3, 0.4) is 0 Å². The third-order valence-electron chi connectivity index (χ3n) is 3.50. The van der Waals surface area contributed by atoms with Gasteiger partial charge in [0, 0.05) is 25.0 Å². The SMILES string of the molecule is CC(C)C1CCN(C(=O)CCC(C)(C)N)C1. The molecule has 1 heterocycles.